The Morgan fingerprint density at radius 1 is 1.26 bits per heavy atom. The normalized spacial score (nSPS) is 16.7. The van der Waals surface area contributed by atoms with E-state index in [2.05, 4.69) is 4.74 Å². The van der Waals surface area contributed by atoms with E-state index in [-0.39, 0.29) is 17.5 Å². The molecule has 1 aromatic rings. The average Bonchev–Trinajstić information content (AvgIpc) is 2.62. The number of ether oxygens (including phenoxy) is 1. The molecular weight excluding hydrogens is 248 g/mol. The summed E-state index contributed by atoms with van der Waals surface area (Å²) in [7, 11) is 1.21. The van der Waals surface area contributed by atoms with Gasteiger partial charge in [0.05, 0.1) is 7.11 Å². The molecule has 0 fully saturated rings. The second-order valence-corrected chi connectivity index (χ2v) is 4.19. The fourth-order valence-corrected chi connectivity index (χ4v) is 2.01. The Morgan fingerprint density at radius 2 is 1.79 bits per heavy atom. The van der Waals surface area contributed by atoms with Crippen LogP contribution in [0.25, 0.3) is 0 Å². The van der Waals surface area contributed by atoms with Crippen molar-refractivity contribution in [2.45, 2.75) is 12.0 Å². The van der Waals surface area contributed by atoms with Crippen LogP contribution in [-0.4, -0.2) is 35.4 Å². The van der Waals surface area contributed by atoms with Crippen LogP contribution in [0.5, 0.6) is 0 Å². The van der Waals surface area contributed by atoms with E-state index in [0.717, 1.165) is 6.08 Å². The van der Waals surface area contributed by atoms with E-state index in [9.17, 15) is 19.5 Å². The molecule has 5 heteroatoms. The molecule has 0 amide bonds. The molecule has 0 atom stereocenters. The number of rotatable bonds is 3. The Hall–Kier alpha value is -2.27. The summed E-state index contributed by atoms with van der Waals surface area (Å²) >= 11 is 0. The van der Waals surface area contributed by atoms with E-state index in [1.807, 2.05) is 0 Å². The van der Waals surface area contributed by atoms with Crippen LogP contribution in [0.15, 0.2) is 36.4 Å². The molecule has 0 saturated heterocycles. The van der Waals surface area contributed by atoms with E-state index in [0.29, 0.717) is 0 Å². The number of fused-ring (bicyclic) bond motifs is 1. The molecule has 0 unspecified atom stereocenters. The van der Waals surface area contributed by atoms with Gasteiger partial charge in [-0.05, 0) is 0 Å². The monoisotopic (exact) mass is 260 g/mol. The summed E-state index contributed by atoms with van der Waals surface area (Å²) in [5.74, 6) is -1.88. The highest BCUT2D eigenvalue weighted by atomic mass is 16.5. The van der Waals surface area contributed by atoms with E-state index in [4.69, 9.17) is 0 Å². The zero-order valence-electron chi connectivity index (χ0n) is 10.3. The molecule has 1 aromatic carbocycles. The highest BCUT2D eigenvalue weighted by Gasteiger charge is 2.50. The average molecular weight is 260 g/mol. The summed E-state index contributed by atoms with van der Waals surface area (Å²) in [5.41, 5.74) is -1.70. The van der Waals surface area contributed by atoms with Crippen LogP contribution < -0.4 is 0 Å². The van der Waals surface area contributed by atoms with Gasteiger partial charge in [0.2, 0.25) is 11.6 Å². The molecule has 2 rings (SSSR count). The van der Waals surface area contributed by atoms with Gasteiger partial charge < -0.3 is 9.84 Å². The maximum atomic E-state index is 12.1. The van der Waals surface area contributed by atoms with E-state index in [1.165, 1.54) is 25.3 Å². The maximum absolute atomic E-state index is 12.1. The molecule has 19 heavy (non-hydrogen) atoms. The van der Waals surface area contributed by atoms with Crippen molar-refractivity contribution in [3.05, 3.63) is 47.5 Å². The van der Waals surface area contributed by atoms with Gasteiger partial charge in [0.15, 0.2) is 5.60 Å². The topological polar surface area (TPSA) is 80.7 Å². The number of carbonyl (C=O) groups excluding carboxylic acids is 3. The zero-order chi connectivity index (χ0) is 14.0. The largest absolute Gasteiger partial charge is 0.466 e. The second kappa shape index (κ2) is 4.78. The zero-order valence-corrected chi connectivity index (χ0v) is 10.3. The molecule has 1 N–H and O–H groups in total. The van der Waals surface area contributed by atoms with Gasteiger partial charge >= 0.3 is 5.97 Å². The SMILES string of the molecule is COC(=O)/C=C/CC1(O)C(=O)c2ccccc2C1=O. The number of Topliss-reactive ketones (excluding diaryl/α,β-unsaturated/α-hetero) is 2. The maximum Gasteiger partial charge on any atom is 0.330 e. The third-order valence-electron chi connectivity index (χ3n) is 3.04. The Balaban J connectivity index is 2.27. The quantitative estimate of drug-likeness (QED) is 0.496. The molecule has 0 spiro atoms. The highest BCUT2D eigenvalue weighted by Crippen LogP contribution is 2.32. The van der Waals surface area contributed by atoms with E-state index >= 15 is 0 Å². The third kappa shape index (κ3) is 2.08. The molecule has 0 radical (unpaired) electrons. The molecule has 0 aliphatic heterocycles. The molecular formula is C14H12O5. The van der Waals surface area contributed by atoms with Crippen molar-refractivity contribution >= 4 is 17.5 Å². The van der Waals surface area contributed by atoms with E-state index < -0.39 is 23.1 Å². The highest BCUT2D eigenvalue weighted by molar-refractivity contribution is 6.31. The van der Waals surface area contributed by atoms with Crippen LogP contribution in [-0.2, 0) is 9.53 Å². The molecule has 0 bridgehead atoms. The van der Waals surface area contributed by atoms with Crippen molar-refractivity contribution in [3.63, 3.8) is 0 Å². The predicted molar refractivity (Wildman–Crippen MR) is 65.8 cm³/mol. The van der Waals surface area contributed by atoms with Crippen LogP contribution >= 0.6 is 0 Å². The summed E-state index contributed by atoms with van der Waals surface area (Å²) in [5, 5.41) is 10.2. The van der Waals surface area contributed by atoms with Crippen LogP contribution in [0.1, 0.15) is 27.1 Å². The minimum atomic E-state index is -2.12. The Kier molecular flexibility index (Phi) is 3.31. The number of methoxy groups -OCH3 is 1. The van der Waals surface area contributed by atoms with Gasteiger partial charge in [0, 0.05) is 23.6 Å². The second-order valence-electron chi connectivity index (χ2n) is 4.19. The lowest BCUT2D eigenvalue weighted by Gasteiger charge is -2.16. The van der Waals surface area contributed by atoms with Crippen molar-refractivity contribution in [3.8, 4) is 0 Å². The molecule has 98 valence electrons. The smallest absolute Gasteiger partial charge is 0.330 e. The molecule has 0 saturated carbocycles. The van der Waals surface area contributed by atoms with Crippen molar-refractivity contribution in [1.29, 1.82) is 0 Å². The lowest BCUT2D eigenvalue weighted by Crippen LogP contribution is -2.40. The van der Waals surface area contributed by atoms with Gasteiger partial charge in [-0.3, -0.25) is 9.59 Å². The van der Waals surface area contributed by atoms with Crippen LogP contribution in [0.2, 0.25) is 0 Å². The number of benzene rings is 1. The van der Waals surface area contributed by atoms with Crippen LogP contribution in [0.4, 0.5) is 0 Å². The Labute approximate surface area is 109 Å². The molecule has 0 heterocycles. The number of carbonyl (C=O) groups is 3. The first-order valence-electron chi connectivity index (χ1n) is 5.66. The molecule has 5 nitrogen and oxygen atoms in total. The number of ketones is 2. The number of aliphatic hydroxyl groups is 1. The number of hydrogen-bond acceptors (Lipinski definition) is 5. The Bertz CT molecular complexity index is 550. The fraction of sp³-hybridized carbons (Fsp3) is 0.214. The number of esters is 1. The minimum Gasteiger partial charge on any atom is -0.466 e. The van der Waals surface area contributed by atoms with Gasteiger partial charge in [0.25, 0.3) is 0 Å². The lowest BCUT2D eigenvalue weighted by atomic mass is 9.93. The lowest BCUT2D eigenvalue weighted by molar-refractivity contribution is -0.134. The van der Waals surface area contributed by atoms with Crippen LogP contribution in [0, 0.1) is 0 Å². The first-order chi connectivity index (χ1) is 9.00. The Morgan fingerprint density at radius 3 is 2.26 bits per heavy atom. The minimum absolute atomic E-state index is 0.210. The predicted octanol–water partition coefficient (Wildman–Crippen LogP) is 0.916. The first kappa shape index (κ1) is 13.2. The van der Waals surface area contributed by atoms with Gasteiger partial charge in [-0.25, -0.2) is 4.79 Å². The molecule has 1 aliphatic carbocycles. The summed E-state index contributed by atoms with van der Waals surface area (Å²) < 4.78 is 4.39. The van der Waals surface area contributed by atoms with Gasteiger partial charge in [-0.15, -0.1) is 0 Å². The van der Waals surface area contributed by atoms with E-state index in [1.54, 1.807) is 12.1 Å². The standard InChI is InChI=1S/C14H12O5/c1-19-11(15)7-4-8-14(18)12(16)9-5-2-3-6-10(9)13(14)17/h2-7,18H,8H2,1H3/b7-4+. The van der Waals surface area contributed by atoms with Crippen molar-refractivity contribution in [1.82, 2.24) is 0 Å². The van der Waals surface area contributed by atoms with Gasteiger partial charge in [-0.2, -0.15) is 0 Å². The summed E-state index contributed by atoms with van der Waals surface area (Å²) in [6, 6.07) is 6.25. The number of hydrogen-bond donors (Lipinski definition) is 1. The fourth-order valence-electron chi connectivity index (χ4n) is 2.01. The van der Waals surface area contributed by atoms with Crippen LogP contribution in [0.3, 0.4) is 0 Å². The van der Waals surface area contributed by atoms with Crippen molar-refractivity contribution < 1.29 is 24.2 Å². The van der Waals surface area contributed by atoms with Gasteiger partial charge in [0.1, 0.15) is 0 Å². The summed E-state index contributed by atoms with van der Waals surface area (Å²) in [4.78, 5) is 35.0. The first-order valence-corrected chi connectivity index (χ1v) is 5.66. The summed E-state index contributed by atoms with van der Waals surface area (Å²) in [6.07, 6.45) is 2.07. The molecule has 1 aliphatic rings. The summed E-state index contributed by atoms with van der Waals surface area (Å²) in [6.45, 7) is 0. The molecule has 0 aromatic heterocycles. The van der Waals surface area contributed by atoms with Gasteiger partial charge in [-0.1, -0.05) is 30.3 Å². The van der Waals surface area contributed by atoms with Crippen molar-refractivity contribution in [2.75, 3.05) is 7.11 Å². The third-order valence-corrected chi connectivity index (χ3v) is 3.04. The van der Waals surface area contributed by atoms with Crippen molar-refractivity contribution in [2.24, 2.45) is 0 Å².